The lowest BCUT2D eigenvalue weighted by atomic mass is 10.2. The van der Waals surface area contributed by atoms with Gasteiger partial charge in [-0.25, -0.2) is 4.21 Å². The summed E-state index contributed by atoms with van der Waals surface area (Å²) in [7, 11) is -1.14. The summed E-state index contributed by atoms with van der Waals surface area (Å²) >= 11 is 12.2. The van der Waals surface area contributed by atoms with Gasteiger partial charge in [0.2, 0.25) is 0 Å². The van der Waals surface area contributed by atoms with Crippen LogP contribution in [-0.4, -0.2) is 10.5 Å². The monoisotopic (exact) mass is 327 g/mol. The SMILES string of the molecule is Cc1ccc(N(Cc2cccc(Cl)c2Cl)S(C)=O)cc1. The van der Waals surface area contributed by atoms with Crippen LogP contribution in [0.5, 0.6) is 0 Å². The van der Waals surface area contributed by atoms with Crippen molar-refractivity contribution in [2.75, 3.05) is 10.6 Å². The van der Waals surface area contributed by atoms with E-state index in [4.69, 9.17) is 23.2 Å². The van der Waals surface area contributed by atoms with Gasteiger partial charge in [-0.15, -0.1) is 0 Å². The molecule has 0 fully saturated rings. The van der Waals surface area contributed by atoms with Crippen LogP contribution in [0.1, 0.15) is 11.1 Å². The smallest absolute Gasteiger partial charge is 0.116 e. The average molecular weight is 328 g/mol. The van der Waals surface area contributed by atoms with Crippen LogP contribution in [0.25, 0.3) is 0 Å². The second kappa shape index (κ2) is 6.61. The lowest BCUT2D eigenvalue weighted by Gasteiger charge is -2.22. The molecule has 1 unspecified atom stereocenters. The molecule has 1 atom stereocenters. The molecule has 2 aromatic rings. The highest BCUT2D eigenvalue weighted by Crippen LogP contribution is 2.28. The number of aryl methyl sites for hydroxylation is 1. The Hall–Kier alpha value is -1.03. The molecule has 0 spiro atoms. The zero-order valence-corrected chi connectivity index (χ0v) is 13.6. The Balaban J connectivity index is 2.33. The van der Waals surface area contributed by atoms with Gasteiger partial charge in [0.25, 0.3) is 0 Å². The van der Waals surface area contributed by atoms with Crippen LogP contribution < -0.4 is 4.31 Å². The number of hydrogen-bond acceptors (Lipinski definition) is 1. The highest BCUT2D eigenvalue weighted by molar-refractivity contribution is 7.85. The van der Waals surface area contributed by atoms with Gasteiger partial charge < -0.3 is 0 Å². The van der Waals surface area contributed by atoms with Gasteiger partial charge in [-0.1, -0.05) is 53.0 Å². The van der Waals surface area contributed by atoms with Crippen molar-refractivity contribution in [3.8, 4) is 0 Å². The first-order chi connectivity index (χ1) is 9.49. The van der Waals surface area contributed by atoms with Gasteiger partial charge in [0, 0.05) is 11.9 Å². The third kappa shape index (κ3) is 3.54. The van der Waals surface area contributed by atoms with Crippen LogP contribution in [0.2, 0.25) is 10.0 Å². The lowest BCUT2D eigenvalue weighted by molar-refractivity contribution is 0.682. The van der Waals surface area contributed by atoms with Crippen molar-refractivity contribution >= 4 is 39.9 Å². The summed E-state index contributed by atoms with van der Waals surface area (Å²) in [4.78, 5) is 0. The van der Waals surface area contributed by atoms with Crippen molar-refractivity contribution in [1.29, 1.82) is 0 Å². The Bertz CT molecular complexity index is 628. The van der Waals surface area contributed by atoms with Crippen LogP contribution >= 0.6 is 23.2 Å². The van der Waals surface area contributed by atoms with E-state index < -0.39 is 11.0 Å². The molecule has 0 aromatic heterocycles. The molecule has 0 aliphatic heterocycles. The van der Waals surface area contributed by atoms with Gasteiger partial charge in [0.15, 0.2) is 0 Å². The summed E-state index contributed by atoms with van der Waals surface area (Å²) in [6.45, 7) is 2.47. The van der Waals surface area contributed by atoms with Gasteiger partial charge in [-0.2, -0.15) is 0 Å². The molecule has 0 N–H and O–H groups in total. The fourth-order valence-corrected chi connectivity index (χ4v) is 2.99. The highest BCUT2D eigenvalue weighted by atomic mass is 35.5. The Kier molecular flexibility index (Phi) is 5.08. The van der Waals surface area contributed by atoms with Crippen molar-refractivity contribution < 1.29 is 4.21 Å². The van der Waals surface area contributed by atoms with E-state index in [9.17, 15) is 4.21 Å². The fourth-order valence-electron chi connectivity index (χ4n) is 1.87. The first-order valence-corrected chi connectivity index (χ1v) is 8.37. The number of hydrogen-bond donors (Lipinski definition) is 0. The second-order valence-corrected chi connectivity index (χ2v) is 6.58. The van der Waals surface area contributed by atoms with Gasteiger partial charge in [0.05, 0.1) is 16.6 Å². The third-order valence-corrected chi connectivity index (χ3v) is 4.80. The Morgan fingerprint density at radius 2 is 1.75 bits per heavy atom. The normalized spacial score (nSPS) is 12.2. The molecule has 0 bridgehead atoms. The Labute approximate surface area is 131 Å². The molecule has 0 amide bonds. The van der Waals surface area contributed by atoms with E-state index in [0.717, 1.165) is 16.8 Å². The van der Waals surface area contributed by atoms with Crippen LogP contribution in [0.15, 0.2) is 42.5 Å². The summed E-state index contributed by atoms with van der Waals surface area (Å²) in [5, 5.41) is 1.02. The van der Waals surface area contributed by atoms with E-state index in [2.05, 4.69) is 0 Å². The number of halogens is 2. The van der Waals surface area contributed by atoms with E-state index >= 15 is 0 Å². The molecule has 5 heteroatoms. The number of anilines is 1. The minimum atomic E-state index is -1.14. The fraction of sp³-hybridized carbons (Fsp3) is 0.200. The van der Waals surface area contributed by atoms with Crippen molar-refractivity contribution in [2.45, 2.75) is 13.5 Å². The van der Waals surface area contributed by atoms with Crippen LogP contribution in [0.4, 0.5) is 5.69 Å². The molecule has 0 saturated carbocycles. The largest absolute Gasteiger partial charge is 0.288 e. The molecule has 0 aliphatic carbocycles. The molecule has 2 nitrogen and oxygen atoms in total. The van der Waals surface area contributed by atoms with Crippen LogP contribution in [0, 0.1) is 6.92 Å². The lowest BCUT2D eigenvalue weighted by Crippen LogP contribution is -2.24. The first-order valence-electron chi connectivity index (χ1n) is 6.09. The number of benzene rings is 2. The van der Waals surface area contributed by atoms with E-state index in [1.54, 1.807) is 16.6 Å². The first kappa shape index (κ1) is 15.4. The summed E-state index contributed by atoms with van der Waals surface area (Å²) < 4.78 is 13.8. The van der Waals surface area contributed by atoms with Crippen molar-refractivity contribution in [1.82, 2.24) is 0 Å². The molecule has 106 valence electrons. The summed E-state index contributed by atoms with van der Waals surface area (Å²) in [6, 6.07) is 13.4. The zero-order valence-electron chi connectivity index (χ0n) is 11.3. The molecular formula is C15H15Cl2NOS. The maximum absolute atomic E-state index is 12.0. The highest BCUT2D eigenvalue weighted by Gasteiger charge is 2.14. The number of nitrogens with zero attached hydrogens (tertiary/aromatic N) is 1. The van der Waals surface area contributed by atoms with E-state index in [1.807, 2.05) is 43.3 Å². The molecule has 2 rings (SSSR count). The average Bonchev–Trinajstić information content (AvgIpc) is 2.41. The van der Waals surface area contributed by atoms with E-state index in [1.165, 1.54) is 0 Å². The Morgan fingerprint density at radius 3 is 2.35 bits per heavy atom. The van der Waals surface area contributed by atoms with Gasteiger partial charge in [0.1, 0.15) is 11.0 Å². The molecule has 0 aliphatic rings. The minimum absolute atomic E-state index is 0.450. The van der Waals surface area contributed by atoms with Crippen molar-refractivity contribution in [2.24, 2.45) is 0 Å². The predicted molar refractivity (Wildman–Crippen MR) is 87.9 cm³/mol. The van der Waals surface area contributed by atoms with Crippen molar-refractivity contribution in [3.63, 3.8) is 0 Å². The quantitative estimate of drug-likeness (QED) is 0.803. The topological polar surface area (TPSA) is 20.3 Å². The molecule has 0 saturated heterocycles. The Morgan fingerprint density at radius 1 is 1.10 bits per heavy atom. The van der Waals surface area contributed by atoms with Crippen molar-refractivity contribution in [3.05, 3.63) is 63.6 Å². The minimum Gasteiger partial charge on any atom is -0.288 e. The van der Waals surface area contributed by atoms with E-state index in [-0.39, 0.29) is 0 Å². The van der Waals surface area contributed by atoms with Gasteiger partial charge in [-0.05, 0) is 30.7 Å². The van der Waals surface area contributed by atoms with Crippen LogP contribution in [-0.2, 0) is 17.5 Å². The molecule has 2 aromatic carbocycles. The summed E-state index contributed by atoms with van der Waals surface area (Å²) in [5.41, 5.74) is 2.92. The summed E-state index contributed by atoms with van der Waals surface area (Å²) in [6.07, 6.45) is 1.65. The maximum atomic E-state index is 12.0. The predicted octanol–water partition coefficient (Wildman–Crippen LogP) is 4.60. The number of rotatable bonds is 4. The van der Waals surface area contributed by atoms with Crippen LogP contribution in [0.3, 0.4) is 0 Å². The molecule has 0 heterocycles. The van der Waals surface area contributed by atoms with Gasteiger partial charge in [-0.3, -0.25) is 4.31 Å². The van der Waals surface area contributed by atoms with E-state index in [0.29, 0.717) is 16.6 Å². The second-order valence-electron chi connectivity index (χ2n) is 4.51. The summed E-state index contributed by atoms with van der Waals surface area (Å²) in [5.74, 6) is 0. The maximum Gasteiger partial charge on any atom is 0.116 e. The molecule has 20 heavy (non-hydrogen) atoms. The molecular weight excluding hydrogens is 313 g/mol. The third-order valence-electron chi connectivity index (χ3n) is 2.98. The molecule has 0 radical (unpaired) electrons. The van der Waals surface area contributed by atoms with Gasteiger partial charge >= 0.3 is 0 Å². The standard InChI is InChI=1S/C15H15Cl2NOS/c1-11-6-8-13(9-7-11)18(20(2)19)10-12-4-3-5-14(16)15(12)17/h3-9H,10H2,1-2H3. The zero-order chi connectivity index (χ0) is 14.7.